The summed E-state index contributed by atoms with van der Waals surface area (Å²) in [5, 5.41) is 0.462. The SMILES string of the molecule is COc1ccc(-n2c(C(C)N(C)S(=O)(=O)c3ccc(-c4ccccc4)cc3)nc3c(C)cccc3c2=O)cc1. The Hall–Kier alpha value is -4.27. The van der Waals surface area contributed by atoms with Crippen LogP contribution in [0.3, 0.4) is 0 Å². The molecular weight excluding hydrogens is 510 g/mol. The largest absolute Gasteiger partial charge is 0.497 e. The molecule has 0 bridgehead atoms. The summed E-state index contributed by atoms with van der Waals surface area (Å²) in [6, 6.07) is 28.3. The van der Waals surface area contributed by atoms with Gasteiger partial charge in [-0.25, -0.2) is 13.4 Å². The van der Waals surface area contributed by atoms with Gasteiger partial charge in [0.25, 0.3) is 5.56 Å². The van der Waals surface area contributed by atoms with Crippen molar-refractivity contribution in [1.82, 2.24) is 13.9 Å². The second-order valence-electron chi connectivity index (χ2n) is 9.37. The number of benzene rings is 4. The molecule has 0 saturated heterocycles. The molecule has 1 aromatic heterocycles. The van der Waals surface area contributed by atoms with E-state index in [0.717, 1.165) is 16.7 Å². The van der Waals surface area contributed by atoms with Gasteiger partial charge in [-0.2, -0.15) is 4.31 Å². The first-order valence-electron chi connectivity index (χ1n) is 12.5. The standard InChI is InChI=1S/C31H29N3O4S/c1-21-9-8-12-28-29(21)32-30(34(31(28)35)25-15-17-26(38-4)18-16-25)22(2)33(3)39(36,37)27-19-13-24(14-20-27)23-10-6-5-7-11-23/h5-20,22H,1-4H3. The van der Waals surface area contributed by atoms with Crippen molar-refractivity contribution in [3.8, 4) is 22.6 Å². The first kappa shape index (κ1) is 26.3. The van der Waals surface area contributed by atoms with Crippen LogP contribution in [0.25, 0.3) is 27.7 Å². The van der Waals surface area contributed by atoms with E-state index in [1.54, 1.807) is 68.6 Å². The van der Waals surface area contributed by atoms with Crippen molar-refractivity contribution in [3.05, 3.63) is 119 Å². The average Bonchev–Trinajstić information content (AvgIpc) is 2.97. The summed E-state index contributed by atoms with van der Waals surface area (Å²) in [7, 11) is -0.831. The van der Waals surface area contributed by atoms with Gasteiger partial charge in [0.2, 0.25) is 10.0 Å². The van der Waals surface area contributed by atoms with Gasteiger partial charge in [-0.15, -0.1) is 0 Å². The van der Waals surface area contributed by atoms with Gasteiger partial charge in [0.1, 0.15) is 11.6 Å². The molecule has 0 amide bonds. The maximum atomic E-state index is 13.8. The highest BCUT2D eigenvalue weighted by atomic mass is 32.2. The van der Waals surface area contributed by atoms with Crippen LogP contribution in [0.15, 0.2) is 107 Å². The minimum absolute atomic E-state index is 0.159. The zero-order valence-electron chi connectivity index (χ0n) is 22.2. The molecule has 0 fully saturated rings. The normalized spacial score (nSPS) is 12.5. The van der Waals surface area contributed by atoms with Gasteiger partial charge < -0.3 is 4.74 Å². The number of ether oxygens (including phenoxy) is 1. The fraction of sp³-hybridized carbons (Fsp3) is 0.161. The van der Waals surface area contributed by atoms with E-state index in [4.69, 9.17) is 9.72 Å². The molecule has 39 heavy (non-hydrogen) atoms. The van der Waals surface area contributed by atoms with Crippen molar-refractivity contribution in [2.75, 3.05) is 14.2 Å². The Balaban J connectivity index is 1.60. The predicted molar refractivity (Wildman–Crippen MR) is 154 cm³/mol. The molecule has 5 aromatic rings. The summed E-state index contributed by atoms with van der Waals surface area (Å²) >= 11 is 0. The Morgan fingerprint density at radius 1 is 0.846 bits per heavy atom. The molecule has 0 N–H and O–H groups in total. The summed E-state index contributed by atoms with van der Waals surface area (Å²) in [4.78, 5) is 18.8. The van der Waals surface area contributed by atoms with Crippen LogP contribution in [0, 0.1) is 6.92 Å². The lowest BCUT2D eigenvalue weighted by atomic mass is 10.1. The molecule has 0 aliphatic rings. The minimum atomic E-state index is -3.91. The second kappa shape index (κ2) is 10.5. The first-order valence-corrected chi connectivity index (χ1v) is 14.0. The smallest absolute Gasteiger partial charge is 0.266 e. The van der Waals surface area contributed by atoms with Crippen LogP contribution in [-0.2, 0) is 10.0 Å². The van der Waals surface area contributed by atoms with Gasteiger partial charge in [-0.3, -0.25) is 9.36 Å². The third-order valence-corrected chi connectivity index (χ3v) is 8.96. The number of aromatic nitrogens is 2. The summed E-state index contributed by atoms with van der Waals surface area (Å²) in [6.07, 6.45) is 0. The van der Waals surface area contributed by atoms with Crippen LogP contribution in [0.1, 0.15) is 24.4 Å². The lowest BCUT2D eigenvalue weighted by molar-refractivity contribution is 0.379. The van der Waals surface area contributed by atoms with E-state index in [2.05, 4.69) is 0 Å². The third-order valence-electron chi connectivity index (χ3n) is 7.01. The number of nitrogens with zero attached hydrogens (tertiary/aromatic N) is 3. The van der Waals surface area contributed by atoms with Gasteiger partial charge in [-0.05, 0) is 73.0 Å². The number of para-hydroxylation sites is 1. The molecule has 4 aromatic carbocycles. The number of aryl methyl sites for hydroxylation is 1. The zero-order chi connectivity index (χ0) is 27.7. The van der Waals surface area contributed by atoms with E-state index in [-0.39, 0.29) is 10.5 Å². The Labute approximate surface area is 228 Å². The molecule has 0 aliphatic heterocycles. The number of hydrogen-bond acceptors (Lipinski definition) is 5. The molecule has 0 radical (unpaired) electrons. The van der Waals surface area contributed by atoms with Gasteiger partial charge in [0, 0.05) is 7.05 Å². The molecule has 7 nitrogen and oxygen atoms in total. The fourth-order valence-corrected chi connectivity index (χ4v) is 5.94. The van der Waals surface area contributed by atoms with Gasteiger partial charge >= 0.3 is 0 Å². The van der Waals surface area contributed by atoms with Crippen molar-refractivity contribution in [2.24, 2.45) is 0 Å². The molecule has 0 spiro atoms. The quantitative estimate of drug-likeness (QED) is 0.263. The Morgan fingerprint density at radius 3 is 2.13 bits per heavy atom. The Bertz CT molecular complexity index is 1800. The molecule has 5 rings (SSSR count). The van der Waals surface area contributed by atoms with Crippen molar-refractivity contribution in [2.45, 2.75) is 24.8 Å². The molecule has 0 saturated carbocycles. The Morgan fingerprint density at radius 2 is 1.49 bits per heavy atom. The number of methoxy groups -OCH3 is 1. The van der Waals surface area contributed by atoms with Crippen molar-refractivity contribution in [1.29, 1.82) is 0 Å². The number of hydrogen-bond donors (Lipinski definition) is 0. The second-order valence-corrected chi connectivity index (χ2v) is 11.4. The van der Waals surface area contributed by atoms with Crippen LogP contribution in [0.5, 0.6) is 5.75 Å². The van der Waals surface area contributed by atoms with E-state index in [9.17, 15) is 13.2 Å². The van der Waals surface area contributed by atoms with Gasteiger partial charge in [-0.1, -0.05) is 54.6 Å². The van der Waals surface area contributed by atoms with E-state index in [1.165, 1.54) is 15.9 Å². The van der Waals surface area contributed by atoms with Crippen LogP contribution in [0.2, 0.25) is 0 Å². The average molecular weight is 540 g/mol. The highest BCUT2D eigenvalue weighted by Gasteiger charge is 2.30. The highest BCUT2D eigenvalue weighted by molar-refractivity contribution is 7.89. The van der Waals surface area contributed by atoms with Crippen molar-refractivity contribution >= 4 is 20.9 Å². The van der Waals surface area contributed by atoms with E-state index in [1.807, 2.05) is 49.4 Å². The number of rotatable bonds is 7. The van der Waals surface area contributed by atoms with Crippen LogP contribution < -0.4 is 10.3 Å². The monoisotopic (exact) mass is 539 g/mol. The summed E-state index contributed by atoms with van der Waals surface area (Å²) in [5.74, 6) is 0.962. The van der Waals surface area contributed by atoms with E-state index >= 15 is 0 Å². The zero-order valence-corrected chi connectivity index (χ0v) is 23.0. The van der Waals surface area contributed by atoms with Crippen LogP contribution in [-0.4, -0.2) is 36.4 Å². The maximum Gasteiger partial charge on any atom is 0.266 e. The number of sulfonamides is 1. The fourth-order valence-electron chi connectivity index (χ4n) is 4.62. The summed E-state index contributed by atoms with van der Waals surface area (Å²) < 4.78 is 35.5. The first-order chi connectivity index (χ1) is 18.7. The molecule has 1 atom stereocenters. The molecule has 1 heterocycles. The predicted octanol–water partition coefficient (Wildman–Crippen LogP) is 5.75. The minimum Gasteiger partial charge on any atom is -0.497 e. The third kappa shape index (κ3) is 4.84. The Kier molecular flexibility index (Phi) is 7.08. The molecular formula is C31H29N3O4S. The molecule has 0 aliphatic carbocycles. The van der Waals surface area contributed by atoms with Crippen LogP contribution in [0.4, 0.5) is 0 Å². The van der Waals surface area contributed by atoms with Crippen molar-refractivity contribution < 1.29 is 13.2 Å². The number of fused-ring (bicyclic) bond motifs is 1. The van der Waals surface area contributed by atoms with Gasteiger partial charge in [0.05, 0.1) is 34.6 Å². The lowest BCUT2D eigenvalue weighted by Gasteiger charge is -2.26. The van der Waals surface area contributed by atoms with E-state index in [0.29, 0.717) is 28.2 Å². The maximum absolute atomic E-state index is 13.8. The van der Waals surface area contributed by atoms with Crippen LogP contribution >= 0.6 is 0 Å². The van der Waals surface area contributed by atoms with Gasteiger partial charge in [0.15, 0.2) is 0 Å². The molecule has 198 valence electrons. The summed E-state index contributed by atoms with van der Waals surface area (Å²) in [5.41, 5.74) is 3.60. The molecule has 1 unspecified atom stereocenters. The molecule has 8 heteroatoms. The lowest BCUT2D eigenvalue weighted by Crippen LogP contribution is -2.35. The topological polar surface area (TPSA) is 81.5 Å². The highest BCUT2D eigenvalue weighted by Crippen LogP contribution is 2.29. The van der Waals surface area contributed by atoms with Crippen molar-refractivity contribution in [3.63, 3.8) is 0 Å². The van der Waals surface area contributed by atoms with E-state index < -0.39 is 16.1 Å². The summed E-state index contributed by atoms with van der Waals surface area (Å²) in [6.45, 7) is 3.62.